The van der Waals surface area contributed by atoms with E-state index in [0.717, 1.165) is 22.3 Å². The van der Waals surface area contributed by atoms with E-state index in [1.807, 2.05) is 38.1 Å². The van der Waals surface area contributed by atoms with Gasteiger partial charge in [-0.3, -0.25) is 0 Å². The minimum absolute atomic E-state index is 0.399. The van der Waals surface area contributed by atoms with Gasteiger partial charge in [0.2, 0.25) is 0 Å². The normalized spacial score (nSPS) is 10.5. The number of benzene rings is 2. The lowest BCUT2D eigenvalue weighted by molar-refractivity contribution is 0.464. The molecule has 0 aliphatic rings. The Balaban J connectivity index is 0.000000220. The fraction of sp³-hybridized carbons (Fsp3) is 0.400. The average Bonchev–Trinajstić information content (AvgIpc) is 2.38. The number of hydrogen-bond donors (Lipinski definition) is 2. The zero-order chi connectivity index (χ0) is 16.9. The molecule has 2 aromatic carbocycles. The van der Waals surface area contributed by atoms with Gasteiger partial charge in [-0.1, -0.05) is 52.0 Å². The standard InChI is InChI=1S/2C10H14O/c2*1-7(2)9-5-4-8(3)6-10(9)11/h2*4-7,11H,1-3H3. The van der Waals surface area contributed by atoms with Gasteiger partial charge in [0.25, 0.3) is 0 Å². The second-order valence-corrected chi connectivity index (χ2v) is 6.43. The number of rotatable bonds is 2. The van der Waals surface area contributed by atoms with Crippen molar-refractivity contribution in [3.05, 3.63) is 58.7 Å². The van der Waals surface area contributed by atoms with Crippen molar-refractivity contribution in [3.8, 4) is 11.5 Å². The van der Waals surface area contributed by atoms with E-state index in [1.54, 1.807) is 12.1 Å². The topological polar surface area (TPSA) is 40.5 Å². The largest absolute Gasteiger partial charge is 0.508 e. The Morgan fingerprint density at radius 2 is 0.955 bits per heavy atom. The van der Waals surface area contributed by atoms with Crippen molar-refractivity contribution in [2.24, 2.45) is 0 Å². The minimum Gasteiger partial charge on any atom is -0.508 e. The maximum Gasteiger partial charge on any atom is 0.119 e. The molecule has 0 aromatic heterocycles. The summed E-state index contributed by atoms with van der Waals surface area (Å²) in [6.07, 6.45) is 0. The van der Waals surface area contributed by atoms with Crippen LogP contribution in [-0.2, 0) is 0 Å². The summed E-state index contributed by atoms with van der Waals surface area (Å²) in [4.78, 5) is 0. The maximum atomic E-state index is 9.46. The van der Waals surface area contributed by atoms with E-state index in [4.69, 9.17) is 0 Å². The molecule has 0 heterocycles. The van der Waals surface area contributed by atoms with Crippen LogP contribution in [0.1, 0.15) is 61.8 Å². The molecule has 0 unspecified atom stereocenters. The summed E-state index contributed by atoms with van der Waals surface area (Å²) in [5.74, 6) is 1.63. The van der Waals surface area contributed by atoms with Crippen LogP contribution in [0.4, 0.5) is 0 Å². The molecule has 2 aromatic rings. The summed E-state index contributed by atoms with van der Waals surface area (Å²) in [6.45, 7) is 12.2. The molecule has 2 rings (SSSR count). The predicted molar refractivity (Wildman–Crippen MR) is 93.9 cm³/mol. The Labute approximate surface area is 134 Å². The average molecular weight is 300 g/mol. The van der Waals surface area contributed by atoms with Crippen molar-refractivity contribution in [2.45, 2.75) is 53.4 Å². The highest BCUT2D eigenvalue weighted by Crippen LogP contribution is 2.26. The molecule has 2 heteroatoms. The van der Waals surface area contributed by atoms with Crippen LogP contribution in [0.5, 0.6) is 11.5 Å². The van der Waals surface area contributed by atoms with Gasteiger partial charge in [0.15, 0.2) is 0 Å². The van der Waals surface area contributed by atoms with E-state index in [0.29, 0.717) is 23.3 Å². The molecule has 0 atom stereocenters. The molecule has 0 amide bonds. The van der Waals surface area contributed by atoms with Crippen LogP contribution >= 0.6 is 0 Å². The molecule has 0 bridgehead atoms. The Kier molecular flexibility index (Phi) is 6.48. The highest BCUT2D eigenvalue weighted by atomic mass is 16.3. The van der Waals surface area contributed by atoms with Gasteiger partial charge in [-0.15, -0.1) is 0 Å². The molecular weight excluding hydrogens is 272 g/mol. The summed E-state index contributed by atoms with van der Waals surface area (Å²) in [5.41, 5.74) is 4.25. The second-order valence-electron chi connectivity index (χ2n) is 6.43. The zero-order valence-electron chi connectivity index (χ0n) is 14.5. The first kappa shape index (κ1) is 18.1. The zero-order valence-corrected chi connectivity index (χ0v) is 14.5. The van der Waals surface area contributed by atoms with Crippen LogP contribution < -0.4 is 0 Å². The van der Waals surface area contributed by atoms with E-state index in [9.17, 15) is 10.2 Å². The Morgan fingerprint density at radius 3 is 1.18 bits per heavy atom. The molecular formula is C20H28O2. The summed E-state index contributed by atoms with van der Waals surface area (Å²) in [5, 5.41) is 18.9. The quantitative estimate of drug-likeness (QED) is 0.752. The summed E-state index contributed by atoms with van der Waals surface area (Å²) < 4.78 is 0. The van der Waals surface area contributed by atoms with E-state index in [2.05, 4.69) is 27.7 Å². The summed E-state index contributed by atoms with van der Waals surface area (Å²) >= 11 is 0. The van der Waals surface area contributed by atoms with Crippen LogP contribution in [0.25, 0.3) is 0 Å². The van der Waals surface area contributed by atoms with Crippen LogP contribution in [0.3, 0.4) is 0 Å². The first-order valence-corrected chi connectivity index (χ1v) is 7.81. The smallest absolute Gasteiger partial charge is 0.119 e. The van der Waals surface area contributed by atoms with Crippen molar-refractivity contribution in [3.63, 3.8) is 0 Å². The van der Waals surface area contributed by atoms with Crippen LogP contribution in [0.15, 0.2) is 36.4 Å². The first-order chi connectivity index (χ1) is 10.2. The molecule has 0 fully saturated rings. The lowest BCUT2D eigenvalue weighted by Crippen LogP contribution is -1.87. The number of hydrogen-bond acceptors (Lipinski definition) is 2. The van der Waals surface area contributed by atoms with Crippen molar-refractivity contribution in [1.29, 1.82) is 0 Å². The number of phenolic OH excluding ortho intramolecular Hbond substituents is 2. The van der Waals surface area contributed by atoms with Gasteiger partial charge in [-0.2, -0.15) is 0 Å². The van der Waals surface area contributed by atoms with Crippen molar-refractivity contribution in [2.75, 3.05) is 0 Å². The fourth-order valence-electron chi connectivity index (χ4n) is 2.28. The first-order valence-electron chi connectivity index (χ1n) is 7.81. The molecule has 120 valence electrons. The van der Waals surface area contributed by atoms with Crippen LogP contribution in [0, 0.1) is 13.8 Å². The minimum atomic E-state index is 0.399. The van der Waals surface area contributed by atoms with Gasteiger partial charge in [0, 0.05) is 0 Å². The number of aryl methyl sites for hydroxylation is 2. The maximum absolute atomic E-state index is 9.46. The molecule has 0 saturated heterocycles. The molecule has 0 aliphatic carbocycles. The fourth-order valence-corrected chi connectivity index (χ4v) is 2.28. The Morgan fingerprint density at radius 1 is 0.636 bits per heavy atom. The Bertz CT molecular complexity index is 558. The predicted octanol–water partition coefficient (Wildman–Crippen LogP) is 5.65. The molecule has 0 aliphatic heterocycles. The third-order valence-corrected chi connectivity index (χ3v) is 3.62. The second kappa shape index (κ2) is 7.88. The van der Waals surface area contributed by atoms with Gasteiger partial charge in [-0.25, -0.2) is 0 Å². The van der Waals surface area contributed by atoms with Crippen molar-refractivity contribution < 1.29 is 10.2 Å². The van der Waals surface area contributed by atoms with Gasteiger partial charge in [-0.05, 0) is 60.1 Å². The van der Waals surface area contributed by atoms with E-state index < -0.39 is 0 Å². The van der Waals surface area contributed by atoms with Crippen molar-refractivity contribution in [1.82, 2.24) is 0 Å². The van der Waals surface area contributed by atoms with Crippen LogP contribution in [0.2, 0.25) is 0 Å². The molecule has 0 spiro atoms. The third kappa shape index (κ3) is 5.10. The monoisotopic (exact) mass is 300 g/mol. The lowest BCUT2D eigenvalue weighted by Gasteiger charge is -2.07. The number of phenols is 2. The van der Waals surface area contributed by atoms with Gasteiger partial charge < -0.3 is 10.2 Å². The Hall–Kier alpha value is -1.96. The summed E-state index contributed by atoms with van der Waals surface area (Å²) in [6, 6.07) is 11.6. The summed E-state index contributed by atoms with van der Waals surface area (Å²) in [7, 11) is 0. The van der Waals surface area contributed by atoms with Gasteiger partial charge in [0.05, 0.1) is 0 Å². The van der Waals surface area contributed by atoms with E-state index in [1.165, 1.54) is 0 Å². The van der Waals surface area contributed by atoms with Gasteiger partial charge >= 0.3 is 0 Å². The molecule has 2 nitrogen and oxygen atoms in total. The SMILES string of the molecule is Cc1ccc(C(C)C)c(O)c1.Cc1ccc(C(C)C)c(O)c1. The highest BCUT2D eigenvalue weighted by molar-refractivity contribution is 5.38. The molecule has 22 heavy (non-hydrogen) atoms. The van der Waals surface area contributed by atoms with E-state index in [-0.39, 0.29) is 0 Å². The molecule has 2 N–H and O–H groups in total. The highest BCUT2D eigenvalue weighted by Gasteiger charge is 2.04. The lowest BCUT2D eigenvalue weighted by atomic mass is 10.0. The van der Waals surface area contributed by atoms with E-state index >= 15 is 0 Å². The third-order valence-electron chi connectivity index (χ3n) is 3.62. The molecule has 0 saturated carbocycles. The number of aromatic hydroxyl groups is 2. The molecule has 0 radical (unpaired) electrons. The van der Waals surface area contributed by atoms with Crippen LogP contribution in [-0.4, -0.2) is 10.2 Å². The van der Waals surface area contributed by atoms with Crippen molar-refractivity contribution >= 4 is 0 Å². The van der Waals surface area contributed by atoms with Gasteiger partial charge in [0.1, 0.15) is 11.5 Å².